The third-order valence-electron chi connectivity index (χ3n) is 7.35. The average Bonchev–Trinajstić information content (AvgIpc) is 3.02. The molecule has 49 heavy (non-hydrogen) atoms. The summed E-state index contributed by atoms with van der Waals surface area (Å²) in [4.78, 5) is 56.1. The number of carbonyl (C=O) groups is 4. The van der Waals surface area contributed by atoms with Gasteiger partial charge in [0, 0.05) is 36.7 Å². The third-order valence-corrected chi connectivity index (χ3v) is 8.29. The minimum atomic E-state index is -3.73. The lowest BCUT2D eigenvalue weighted by Crippen LogP contribution is -2.55. The Hall–Kier alpha value is -4.04. The lowest BCUT2D eigenvalue weighted by Gasteiger charge is -2.29. The van der Waals surface area contributed by atoms with Gasteiger partial charge >= 0.3 is 6.09 Å². The van der Waals surface area contributed by atoms with E-state index in [4.69, 9.17) is 4.74 Å². The number of carbonyl (C=O) groups excluding carboxylic acids is 4. The Kier molecular flexibility index (Phi) is 19.2. The monoisotopic (exact) mass is 705 g/mol. The molecule has 1 rings (SSSR count). The van der Waals surface area contributed by atoms with Gasteiger partial charge in [-0.05, 0) is 49.7 Å². The van der Waals surface area contributed by atoms with E-state index >= 15 is 0 Å². The Morgan fingerprint density at radius 1 is 0.959 bits per heavy atom. The van der Waals surface area contributed by atoms with E-state index < -0.39 is 63.6 Å². The first-order chi connectivity index (χ1) is 22.9. The van der Waals surface area contributed by atoms with Gasteiger partial charge in [-0.3, -0.25) is 19.4 Å². The van der Waals surface area contributed by atoms with Crippen molar-refractivity contribution < 1.29 is 37.4 Å². The van der Waals surface area contributed by atoms with Crippen LogP contribution in [0.2, 0.25) is 0 Å². The second-order valence-corrected chi connectivity index (χ2v) is 15.2. The van der Waals surface area contributed by atoms with Gasteiger partial charge in [0.25, 0.3) is 0 Å². The van der Waals surface area contributed by atoms with Gasteiger partial charge in [0.05, 0.1) is 17.9 Å². The highest BCUT2D eigenvalue weighted by Gasteiger charge is 2.32. The second kappa shape index (κ2) is 21.8. The standard InChI is InChI=1S/C35H55N5O8S/c1-9-11-13-26(10-2)20-37-33(43)29(17-24(5)6)39-32(42)25(7)18-31(41)28(16-23(3)4)38-34(44)30(22-49(8,46)47)40-35(45)48-21-27-14-12-15-36-19-27/h9-15,19,23-25,28-31,41H,1,16-18,20-22H2,2-8H3,(H,37,43)(H,38,44)(H,39,42)(H,40,45)/b13-11-,26-10+/t25-,28+,29+,30+,31+/m1/s1. The number of alkyl carbamates (subject to hydrolysis) is 1. The van der Waals surface area contributed by atoms with Crippen molar-refractivity contribution in [3.05, 3.63) is 66.5 Å². The summed E-state index contributed by atoms with van der Waals surface area (Å²) >= 11 is 0. The smallest absolute Gasteiger partial charge is 0.408 e. The van der Waals surface area contributed by atoms with Gasteiger partial charge in [0.15, 0.2) is 0 Å². The Balaban J connectivity index is 2.99. The van der Waals surface area contributed by atoms with E-state index in [1.54, 1.807) is 37.4 Å². The van der Waals surface area contributed by atoms with E-state index in [0.29, 0.717) is 18.4 Å². The van der Waals surface area contributed by atoms with Gasteiger partial charge in [0.1, 0.15) is 28.5 Å². The molecule has 0 aliphatic heterocycles. The number of nitrogens with one attached hydrogen (secondary N) is 4. The van der Waals surface area contributed by atoms with Crippen molar-refractivity contribution in [1.82, 2.24) is 26.3 Å². The highest BCUT2D eigenvalue weighted by atomic mass is 32.2. The Labute approximate surface area is 291 Å². The van der Waals surface area contributed by atoms with E-state index in [-0.39, 0.29) is 37.3 Å². The molecule has 0 spiro atoms. The van der Waals surface area contributed by atoms with Gasteiger partial charge in [-0.2, -0.15) is 0 Å². The largest absolute Gasteiger partial charge is 0.445 e. The number of ether oxygens (including phenoxy) is 1. The molecular formula is C35H55N5O8S. The van der Waals surface area contributed by atoms with Crippen molar-refractivity contribution in [2.24, 2.45) is 17.8 Å². The van der Waals surface area contributed by atoms with E-state index in [1.165, 1.54) is 6.20 Å². The summed E-state index contributed by atoms with van der Waals surface area (Å²) in [6.07, 6.45) is 9.48. The Bertz CT molecular complexity index is 1400. The van der Waals surface area contributed by atoms with Gasteiger partial charge in [0.2, 0.25) is 17.7 Å². The van der Waals surface area contributed by atoms with Crippen LogP contribution in [-0.2, 0) is 35.6 Å². The lowest BCUT2D eigenvalue weighted by atomic mass is 9.92. The molecule has 1 aromatic rings. The molecule has 0 saturated heterocycles. The minimum Gasteiger partial charge on any atom is -0.445 e. The fourth-order valence-electron chi connectivity index (χ4n) is 4.82. The molecule has 1 heterocycles. The molecule has 1 aromatic heterocycles. The zero-order chi connectivity index (χ0) is 37.1. The first-order valence-corrected chi connectivity index (χ1v) is 18.5. The molecular weight excluding hydrogens is 650 g/mol. The van der Waals surface area contributed by atoms with Crippen LogP contribution in [0.3, 0.4) is 0 Å². The summed E-state index contributed by atoms with van der Waals surface area (Å²) in [5.41, 5.74) is 1.46. The molecule has 0 aliphatic rings. The van der Waals surface area contributed by atoms with Crippen molar-refractivity contribution in [3.63, 3.8) is 0 Å². The summed E-state index contributed by atoms with van der Waals surface area (Å²) in [6.45, 7) is 14.9. The number of pyridine rings is 1. The zero-order valence-corrected chi connectivity index (χ0v) is 30.6. The molecule has 5 atom stereocenters. The maximum Gasteiger partial charge on any atom is 0.408 e. The predicted octanol–water partition coefficient (Wildman–Crippen LogP) is 2.97. The average molecular weight is 706 g/mol. The number of aliphatic hydroxyl groups excluding tert-OH is 1. The quantitative estimate of drug-likeness (QED) is 0.120. The van der Waals surface area contributed by atoms with Crippen molar-refractivity contribution in [1.29, 1.82) is 0 Å². The van der Waals surface area contributed by atoms with Crippen LogP contribution in [-0.4, -0.2) is 85.1 Å². The number of hydrogen-bond acceptors (Lipinski definition) is 9. The normalized spacial score (nSPS) is 15.2. The third kappa shape index (κ3) is 18.3. The lowest BCUT2D eigenvalue weighted by molar-refractivity contribution is -0.132. The van der Waals surface area contributed by atoms with E-state index in [1.807, 2.05) is 46.8 Å². The summed E-state index contributed by atoms with van der Waals surface area (Å²) in [5.74, 6) is -2.97. The first-order valence-electron chi connectivity index (χ1n) is 16.5. The van der Waals surface area contributed by atoms with Crippen LogP contribution < -0.4 is 21.3 Å². The number of rotatable bonds is 21. The molecule has 0 aliphatic carbocycles. The Morgan fingerprint density at radius 3 is 2.18 bits per heavy atom. The molecule has 13 nitrogen and oxygen atoms in total. The van der Waals surface area contributed by atoms with Gasteiger partial charge < -0.3 is 31.1 Å². The highest BCUT2D eigenvalue weighted by molar-refractivity contribution is 7.90. The molecule has 14 heteroatoms. The van der Waals surface area contributed by atoms with Crippen LogP contribution in [0.25, 0.3) is 0 Å². The molecule has 4 amide bonds. The predicted molar refractivity (Wildman–Crippen MR) is 190 cm³/mol. The fourth-order valence-corrected chi connectivity index (χ4v) is 5.66. The molecule has 5 N–H and O–H groups in total. The molecule has 0 unspecified atom stereocenters. The first kappa shape index (κ1) is 43.0. The summed E-state index contributed by atoms with van der Waals surface area (Å²) in [5, 5.41) is 21.9. The molecule has 0 saturated carbocycles. The number of allylic oxidation sites excluding steroid dienone is 3. The molecule has 0 bridgehead atoms. The zero-order valence-electron chi connectivity index (χ0n) is 29.8. The Morgan fingerprint density at radius 2 is 1.63 bits per heavy atom. The van der Waals surface area contributed by atoms with Crippen molar-refractivity contribution in [2.75, 3.05) is 18.6 Å². The van der Waals surface area contributed by atoms with Crippen LogP contribution in [0.15, 0.2) is 61.0 Å². The van der Waals surface area contributed by atoms with Crippen molar-refractivity contribution >= 4 is 33.7 Å². The molecule has 0 radical (unpaired) electrons. The van der Waals surface area contributed by atoms with Crippen LogP contribution in [0, 0.1) is 17.8 Å². The van der Waals surface area contributed by atoms with Crippen LogP contribution >= 0.6 is 0 Å². The second-order valence-electron chi connectivity index (χ2n) is 13.0. The number of nitrogens with zero attached hydrogens (tertiary/aromatic N) is 1. The topological polar surface area (TPSA) is 193 Å². The fraction of sp³-hybridized carbons (Fsp3) is 0.571. The van der Waals surface area contributed by atoms with Gasteiger partial charge in [-0.15, -0.1) is 0 Å². The maximum absolute atomic E-state index is 13.4. The number of aromatic nitrogens is 1. The molecule has 274 valence electrons. The van der Waals surface area contributed by atoms with Crippen molar-refractivity contribution in [2.45, 2.75) is 91.6 Å². The van der Waals surface area contributed by atoms with E-state index in [0.717, 1.165) is 11.8 Å². The van der Waals surface area contributed by atoms with Crippen LogP contribution in [0.1, 0.15) is 66.4 Å². The molecule has 0 fully saturated rings. The number of hydrogen-bond donors (Lipinski definition) is 5. The van der Waals surface area contributed by atoms with Crippen molar-refractivity contribution in [3.8, 4) is 0 Å². The van der Waals surface area contributed by atoms with E-state index in [9.17, 15) is 32.7 Å². The number of aliphatic hydroxyl groups is 1. The van der Waals surface area contributed by atoms with Gasteiger partial charge in [-0.1, -0.05) is 71.6 Å². The molecule has 0 aromatic carbocycles. The minimum absolute atomic E-state index is 0.00245. The van der Waals surface area contributed by atoms with Crippen LogP contribution in [0.4, 0.5) is 4.79 Å². The van der Waals surface area contributed by atoms with Gasteiger partial charge in [-0.25, -0.2) is 13.2 Å². The highest BCUT2D eigenvalue weighted by Crippen LogP contribution is 2.17. The van der Waals surface area contributed by atoms with E-state index in [2.05, 4.69) is 32.8 Å². The number of amides is 4. The summed E-state index contributed by atoms with van der Waals surface area (Å²) in [6, 6.07) is 0.151. The summed E-state index contributed by atoms with van der Waals surface area (Å²) in [7, 11) is -3.73. The summed E-state index contributed by atoms with van der Waals surface area (Å²) < 4.78 is 29.4. The maximum atomic E-state index is 13.4. The number of sulfone groups is 1. The SMILES string of the molecule is C=C/C=C\C(=C/C)CNC(=O)[C@H](CC(C)C)NC(=O)[C@H](C)C[C@H](O)[C@H](CC(C)C)NC(=O)[C@H](CS(C)(=O)=O)NC(=O)OCc1cccnc1. The van der Waals surface area contributed by atoms with Crippen LogP contribution in [0.5, 0.6) is 0 Å².